The zero-order valence-corrected chi connectivity index (χ0v) is 23.8. The minimum atomic E-state index is -2.29. The molecule has 6 rings (SSSR count). The first kappa shape index (κ1) is 28.3. The lowest BCUT2D eigenvalue weighted by Crippen LogP contribution is -2.71. The largest absolute Gasteiger partial charge is 0.465 e. The van der Waals surface area contributed by atoms with Crippen LogP contribution in [0.5, 0.6) is 0 Å². The standard InChI is InChI=1S/C30H33ClF2N2O6/c1-27-9-8-19(36)11-22(27)23(32)12-21-20-10-16-14-35(18-6-4-17(31)5-7-18)41-30(16,25(38)15-34(3)26(39)40)28(20,2)13-24(37)29(21,27)33/h4-9,11,16,20-21,23-24,37H,10,12-15H2,1-3H3,(H,39,40)/t16-,20-,21-,23-,24-,27-,28-,29-,30-/m0/s1. The van der Waals surface area contributed by atoms with E-state index in [1.807, 2.05) is 0 Å². The van der Waals surface area contributed by atoms with E-state index in [-0.39, 0.29) is 25.0 Å². The van der Waals surface area contributed by atoms with E-state index in [0.717, 1.165) is 11.0 Å². The van der Waals surface area contributed by atoms with Crippen LogP contribution >= 0.6 is 11.6 Å². The lowest BCUT2D eigenvalue weighted by atomic mass is 9.44. The fourth-order valence-corrected chi connectivity index (χ4v) is 9.04. The highest BCUT2D eigenvalue weighted by Gasteiger charge is 2.79. The third-order valence-corrected chi connectivity index (χ3v) is 11.1. The van der Waals surface area contributed by atoms with Gasteiger partial charge in [0.15, 0.2) is 22.8 Å². The maximum Gasteiger partial charge on any atom is 0.407 e. The van der Waals surface area contributed by atoms with Crippen molar-refractivity contribution in [2.24, 2.45) is 28.6 Å². The summed E-state index contributed by atoms with van der Waals surface area (Å²) in [5.41, 5.74) is -5.91. The van der Waals surface area contributed by atoms with Crippen molar-refractivity contribution < 1.29 is 38.2 Å². The second-order valence-electron chi connectivity index (χ2n) is 12.7. The minimum absolute atomic E-state index is 0.0311. The number of amides is 1. The number of alkyl halides is 2. The minimum Gasteiger partial charge on any atom is -0.465 e. The van der Waals surface area contributed by atoms with Gasteiger partial charge in [-0.3, -0.25) is 19.5 Å². The smallest absolute Gasteiger partial charge is 0.407 e. The summed E-state index contributed by atoms with van der Waals surface area (Å²) >= 11 is 6.07. The van der Waals surface area contributed by atoms with Gasteiger partial charge in [0.25, 0.3) is 0 Å². The number of halogens is 3. The Morgan fingerprint density at radius 1 is 1.20 bits per heavy atom. The number of benzene rings is 1. The molecular formula is C30H33ClF2N2O6. The number of aliphatic hydroxyl groups excluding tert-OH is 1. The van der Waals surface area contributed by atoms with Crippen LogP contribution in [0.2, 0.25) is 5.02 Å². The summed E-state index contributed by atoms with van der Waals surface area (Å²) in [6.45, 7) is 3.11. The van der Waals surface area contributed by atoms with Crippen LogP contribution in [0.25, 0.3) is 0 Å². The third-order valence-electron chi connectivity index (χ3n) is 10.9. The molecule has 0 radical (unpaired) electrons. The van der Waals surface area contributed by atoms with Crippen molar-refractivity contribution in [1.29, 1.82) is 0 Å². The van der Waals surface area contributed by atoms with Gasteiger partial charge >= 0.3 is 6.09 Å². The SMILES string of the molecule is CN(CC(=O)[C@@]12ON(c3ccc(Cl)cc3)C[C@@H]1C[C@H]1[C@@H]3C[C@H](F)C4=CC(=O)C=C[C@]4(C)[C@@]3(F)[C@@H](O)C[C@@]12C)C(=O)O. The molecular weight excluding hydrogens is 558 g/mol. The molecule has 8 nitrogen and oxygen atoms in total. The molecule has 9 atom stereocenters. The van der Waals surface area contributed by atoms with Crippen molar-refractivity contribution in [3.8, 4) is 0 Å². The first-order chi connectivity index (χ1) is 19.2. The summed E-state index contributed by atoms with van der Waals surface area (Å²) < 4.78 is 33.4. The molecule has 4 fully saturated rings. The van der Waals surface area contributed by atoms with Crippen LogP contribution in [0, 0.1) is 28.6 Å². The van der Waals surface area contributed by atoms with Gasteiger partial charge < -0.3 is 15.1 Å². The topological polar surface area (TPSA) is 107 Å². The summed E-state index contributed by atoms with van der Waals surface area (Å²) in [7, 11) is 1.29. The molecule has 41 heavy (non-hydrogen) atoms. The summed E-state index contributed by atoms with van der Waals surface area (Å²) in [4.78, 5) is 45.4. The van der Waals surface area contributed by atoms with E-state index in [1.54, 1.807) is 36.3 Å². The molecule has 0 unspecified atom stereocenters. The van der Waals surface area contributed by atoms with Crippen molar-refractivity contribution >= 4 is 34.9 Å². The van der Waals surface area contributed by atoms with Crippen molar-refractivity contribution in [3.63, 3.8) is 0 Å². The van der Waals surface area contributed by atoms with Gasteiger partial charge in [0, 0.05) is 34.7 Å². The first-order valence-electron chi connectivity index (χ1n) is 13.8. The van der Waals surface area contributed by atoms with Gasteiger partial charge in [0.05, 0.1) is 24.9 Å². The van der Waals surface area contributed by atoms with Crippen LogP contribution in [-0.4, -0.2) is 76.5 Å². The molecule has 1 amide bonds. The highest BCUT2D eigenvalue weighted by atomic mass is 35.5. The van der Waals surface area contributed by atoms with Gasteiger partial charge in [0.2, 0.25) is 0 Å². The zero-order valence-electron chi connectivity index (χ0n) is 23.0. The molecule has 1 saturated heterocycles. The number of ketones is 2. The lowest BCUT2D eigenvalue weighted by molar-refractivity contribution is -0.227. The van der Waals surface area contributed by atoms with Crippen molar-refractivity contribution in [2.45, 2.75) is 56.7 Å². The number of carbonyl (C=O) groups is 3. The number of hydrogen-bond acceptors (Lipinski definition) is 6. The Morgan fingerprint density at radius 3 is 2.54 bits per heavy atom. The van der Waals surface area contributed by atoms with Crippen molar-refractivity contribution in [1.82, 2.24) is 4.90 Å². The Balaban J connectivity index is 1.45. The number of hydrogen-bond donors (Lipinski definition) is 2. The molecule has 0 aromatic heterocycles. The summed E-state index contributed by atoms with van der Waals surface area (Å²) in [6, 6.07) is 6.86. The summed E-state index contributed by atoms with van der Waals surface area (Å²) in [5, 5.41) is 23.3. The van der Waals surface area contributed by atoms with Crippen LogP contribution in [0.3, 0.4) is 0 Å². The predicted octanol–water partition coefficient (Wildman–Crippen LogP) is 4.55. The van der Waals surface area contributed by atoms with Gasteiger partial charge in [0.1, 0.15) is 6.17 Å². The fourth-order valence-electron chi connectivity index (χ4n) is 8.91. The Kier molecular flexibility index (Phi) is 6.27. The molecule has 1 aromatic rings. The maximum atomic E-state index is 17.6. The number of Topliss-reactive ketones (excluding diaryl/α,β-unsaturated/α-hetero) is 1. The van der Waals surface area contributed by atoms with E-state index in [2.05, 4.69) is 0 Å². The van der Waals surface area contributed by atoms with Crippen LogP contribution < -0.4 is 5.06 Å². The first-order valence-corrected chi connectivity index (χ1v) is 14.2. The molecule has 0 bridgehead atoms. The van der Waals surface area contributed by atoms with Crippen LogP contribution in [-0.2, 0) is 14.4 Å². The van der Waals surface area contributed by atoms with E-state index >= 15 is 8.78 Å². The summed E-state index contributed by atoms with van der Waals surface area (Å²) in [6.07, 6.45) is -0.846. The highest BCUT2D eigenvalue weighted by molar-refractivity contribution is 6.30. The monoisotopic (exact) mass is 590 g/mol. The number of fused-ring (bicyclic) bond motifs is 7. The van der Waals surface area contributed by atoms with E-state index in [9.17, 15) is 24.6 Å². The second-order valence-corrected chi connectivity index (χ2v) is 13.2. The van der Waals surface area contributed by atoms with Crippen molar-refractivity contribution in [3.05, 3.63) is 53.1 Å². The number of nitrogens with zero attached hydrogens (tertiary/aromatic N) is 2. The molecule has 1 aromatic carbocycles. The molecule has 4 aliphatic carbocycles. The molecule has 220 valence electrons. The number of hydroxylamine groups is 1. The number of aliphatic hydroxyl groups is 1. The number of anilines is 1. The zero-order chi connectivity index (χ0) is 29.7. The predicted molar refractivity (Wildman–Crippen MR) is 146 cm³/mol. The van der Waals surface area contributed by atoms with Crippen LogP contribution in [0.15, 0.2) is 48.1 Å². The number of allylic oxidation sites excluding steroid dienone is 4. The molecule has 5 aliphatic rings. The molecule has 0 spiro atoms. The van der Waals surface area contributed by atoms with Gasteiger partial charge in [-0.1, -0.05) is 24.6 Å². The van der Waals surface area contributed by atoms with E-state index < -0.39 is 76.3 Å². The molecule has 11 heteroatoms. The van der Waals surface area contributed by atoms with Crippen LogP contribution in [0.4, 0.5) is 19.3 Å². The Labute approximate surface area is 241 Å². The number of rotatable bonds is 4. The average Bonchev–Trinajstić information content (AvgIpc) is 3.41. The Hall–Kier alpha value is -2.82. The van der Waals surface area contributed by atoms with E-state index in [0.29, 0.717) is 17.1 Å². The summed E-state index contributed by atoms with van der Waals surface area (Å²) in [5.74, 6) is -2.93. The molecule has 3 saturated carbocycles. The van der Waals surface area contributed by atoms with E-state index in [1.165, 1.54) is 26.1 Å². The highest BCUT2D eigenvalue weighted by Crippen LogP contribution is 2.72. The maximum absolute atomic E-state index is 17.6. The molecule has 1 aliphatic heterocycles. The normalized spacial score (nSPS) is 42.6. The third kappa shape index (κ3) is 3.59. The number of carbonyl (C=O) groups excluding carboxylic acids is 2. The van der Waals surface area contributed by atoms with Gasteiger partial charge in [-0.2, -0.15) is 0 Å². The van der Waals surface area contributed by atoms with E-state index in [4.69, 9.17) is 16.4 Å². The second kappa shape index (κ2) is 9.09. The van der Waals surface area contributed by atoms with Gasteiger partial charge in [-0.05, 0) is 74.1 Å². The Bertz CT molecular complexity index is 1390. The number of likely N-dealkylation sites (N-methyl/N-ethyl adjacent to an activating group) is 1. The lowest BCUT2D eigenvalue weighted by Gasteiger charge is -2.63. The molecule has 1 heterocycles. The quantitative estimate of drug-likeness (QED) is 0.530. The fraction of sp³-hybridized carbons (Fsp3) is 0.567. The van der Waals surface area contributed by atoms with Crippen LogP contribution in [0.1, 0.15) is 33.1 Å². The van der Waals surface area contributed by atoms with Gasteiger partial charge in [-0.15, -0.1) is 0 Å². The number of carboxylic acid groups (broad SMARTS) is 1. The average molecular weight is 591 g/mol. The molecule has 2 N–H and O–H groups in total. The Morgan fingerprint density at radius 2 is 1.88 bits per heavy atom. The van der Waals surface area contributed by atoms with Gasteiger partial charge in [-0.25, -0.2) is 13.6 Å². The van der Waals surface area contributed by atoms with Crippen molar-refractivity contribution in [2.75, 3.05) is 25.2 Å².